The van der Waals surface area contributed by atoms with Crippen molar-refractivity contribution in [3.8, 4) is 0 Å². The van der Waals surface area contributed by atoms with Gasteiger partial charge in [-0.15, -0.1) is 11.8 Å². The maximum atomic E-state index is 6.42. The number of benzene rings is 1. The lowest BCUT2D eigenvalue weighted by Gasteiger charge is -2.33. The molecule has 3 heteroatoms. The van der Waals surface area contributed by atoms with Gasteiger partial charge in [0.1, 0.15) is 0 Å². The van der Waals surface area contributed by atoms with E-state index < -0.39 is 0 Å². The van der Waals surface area contributed by atoms with Gasteiger partial charge in [0.2, 0.25) is 0 Å². The molecule has 1 saturated carbocycles. The molecular weight excluding hydrogens is 266 g/mol. The van der Waals surface area contributed by atoms with Crippen LogP contribution in [0.15, 0.2) is 29.2 Å². The third-order valence-electron chi connectivity index (χ3n) is 4.67. The monoisotopic (exact) mass is 291 g/mol. The second-order valence-electron chi connectivity index (χ2n) is 6.18. The summed E-state index contributed by atoms with van der Waals surface area (Å²) in [6.07, 6.45) is 9.66. The largest absolute Gasteiger partial charge is 0.371 e. The molecule has 1 saturated heterocycles. The summed E-state index contributed by atoms with van der Waals surface area (Å²) in [5.74, 6) is 1.08. The van der Waals surface area contributed by atoms with Crippen molar-refractivity contribution in [3.05, 3.63) is 29.8 Å². The molecule has 0 aromatic heterocycles. The van der Waals surface area contributed by atoms with Crippen molar-refractivity contribution < 1.29 is 4.74 Å². The van der Waals surface area contributed by atoms with E-state index in [1.165, 1.54) is 55.4 Å². The molecule has 1 aromatic carbocycles. The van der Waals surface area contributed by atoms with Gasteiger partial charge in [-0.3, -0.25) is 0 Å². The molecular formula is C17H25NOS. The zero-order valence-corrected chi connectivity index (χ0v) is 13.0. The standard InChI is InChI=1S/C17H25NOS/c18-12-14-5-4-6-16(11-14)20-13-15-7-10-17(19-15)8-2-1-3-9-17/h4-6,11,15H,1-3,7-10,12-13,18H2. The Kier molecular flexibility index (Phi) is 4.69. The van der Waals surface area contributed by atoms with Crippen LogP contribution in [0, 0.1) is 0 Å². The van der Waals surface area contributed by atoms with Crippen molar-refractivity contribution in [1.82, 2.24) is 0 Å². The predicted molar refractivity (Wildman–Crippen MR) is 85.0 cm³/mol. The van der Waals surface area contributed by atoms with Crippen molar-refractivity contribution in [3.63, 3.8) is 0 Å². The van der Waals surface area contributed by atoms with E-state index in [1.54, 1.807) is 0 Å². The van der Waals surface area contributed by atoms with Crippen LogP contribution in [0.4, 0.5) is 0 Å². The Hall–Kier alpha value is -0.510. The van der Waals surface area contributed by atoms with E-state index >= 15 is 0 Å². The minimum Gasteiger partial charge on any atom is -0.371 e. The maximum Gasteiger partial charge on any atom is 0.0687 e. The first kappa shape index (κ1) is 14.4. The topological polar surface area (TPSA) is 35.2 Å². The molecule has 0 bridgehead atoms. The van der Waals surface area contributed by atoms with Crippen LogP contribution < -0.4 is 5.73 Å². The average Bonchev–Trinajstić information content (AvgIpc) is 2.89. The molecule has 0 amide bonds. The van der Waals surface area contributed by atoms with E-state index in [9.17, 15) is 0 Å². The summed E-state index contributed by atoms with van der Waals surface area (Å²) in [4.78, 5) is 1.32. The zero-order valence-electron chi connectivity index (χ0n) is 12.1. The van der Waals surface area contributed by atoms with Gasteiger partial charge in [0, 0.05) is 17.2 Å². The molecule has 2 aliphatic rings. The molecule has 1 unspecified atom stereocenters. The molecule has 2 fully saturated rings. The molecule has 1 atom stereocenters. The Morgan fingerprint density at radius 1 is 1.20 bits per heavy atom. The number of thioether (sulfide) groups is 1. The normalized spacial score (nSPS) is 25.1. The van der Waals surface area contributed by atoms with Gasteiger partial charge in [-0.25, -0.2) is 0 Å². The van der Waals surface area contributed by atoms with Crippen LogP contribution >= 0.6 is 11.8 Å². The van der Waals surface area contributed by atoms with Crippen molar-refractivity contribution in [2.24, 2.45) is 5.73 Å². The smallest absolute Gasteiger partial charge is 0.0687 e. The molecule has 1 aliphatic heterocycles. The highest BCUT2D eigenvalue weighted by molar-refractivity contribution is 7.99. The van der Waals surface area contributed by atoms with Crippen molar-refractivity contribution in [2.45, 2.75) is 68.1 Å². The predicted octanol–water partition coefficient (Wildman–Crippen LogP) is 4.12. The Morgan fingerprint density at radius 2 is 2.05 bits per heavy atom. The minimum absolute atomic E-state index is 0.253. The van der Waals surface area contributed by atoms with Crippen LogP contribution in [-0.2, 0) is 11.3 Å². The fourth-order valence-corrected chi connectivity index (χ4v) is 4.55. The molecule has 1 aromatic rings. The van der Waals surface area contributed by atoms with Crippen LogP contribution in [0.25, 0.3) is 0 Å². The second kappa shape index (κ2) is 6.50. The van der Waals surface area contributed by atoms with Crippen LogP contribution in [0.2, 0.25) is 0 Å². The van der Waals surface area contributed by atoms with E-state index in [0.29, 0.717) is 12.6 Å². The van der Waals surface area contributed by atoms with E-state index in [1.807, 2.05) is 11.8 Å². The van der Waals surface area contributed by atoms with Gasteiger partial charge in [-0.2, -0.15) is 0 Å². The summed E-state index contributed by atoms with van der Waals surface area (Å²) in [6.45, 7) is 0.622. The minimum atomic E-state index is 0.253. The number of ether oxygens (including phenoxy) is 1. The van der Waals surface area contributed by atoms with Gasteiger partial charge in [-0.05, 0) is 43.4 Å². The highest BCUT2D eigenvalue weighted by atomic mass is 32.2. The molecule has 0 radical (unpaired) electrons. The lowest BCUT2D eigenvalue weighted by Crippen LogP contribution is -2.32. The van der Waals surface area contributed by atoms with Crippen LogP contribution in [-0.4, -0.2) is 17.5 Å². The molecule has 1 spiro atoms. The fraction of sp³-hybridized carbons (Fsp3) is 0.647. The van der Waals surface area contributed by atoms with E-state index in [2.05, 4.69) is 24.3 Å². The Bertz CT molecular complexity index is 442. The first-order chi connectivity index (χ1) is 9.80. The quantitative estimate of drug-likeness (QED) is 0.848. The summed E-state index contributed by atoms with van der Waals surface area (Å²) in [5, 5.41) is 0. The number of rotatable bonds is 4. The third-order valence-corrected chi connectivity index (χ3v) is 5.80. The molecule has 110 valence electrons. The molecule has 1 heterocycles. The van der Waals surface area contributed by atoms with E-state index in [-0.39, 0.29) is 5.60 Å². The maximum absolute atomic E-state index is 6.42. The highest BCUT2D eigenvalue weighted by Gasteiger charge is 2.40. The van der Waals surface area contributed by atoms with Crippen molar-refractivity contribution >= 4 is 11.8 Å². The van der Waals surface area contributed by atoms with E-state index in [0.717, 1.165) is 5.75 Å². The summed E-state index contributed by atoms with van der Waals surface area (Å²) < 4.78 is 6.42. The van der Waals surface area contributed by atoms with Gasteiger partial charge >= 0.3 is 0 Å². The van der Waals surface area contributed by atoms with Gasteiger partial charge in [-0.1, -0.05) is 31.4 Å². The molecule has 20 heavy (non-hydrogen) atoms. The van der Waals surface area contributed by atoms with Crippen molar-refractivity contribution in [1.29, 1.82) is 0 Å². The molecule has 1 aliphatic carbocycles. The first-order valence-electron chi connectivity index (χ1n) is 7.89. The summed E-state index contributed by atoms with van der Waals surface area (Å²) in [7, 11) is 0. The van der Waals surface area contributed by atoms with Gasteiger partial charge in [0.25, 0.3) is 0 Å². The fourth-order valence-electron chi connectivity index (χ4n) is 3.53. The third kappa shape index (κ3) is 3.38. The van der Waals surface area contributed by atoms with Gasteiger partial charge < -0.3 is 10.5 Å². The zero-order chi connectivity index (χ0) is 13.8. The molecule has 2 nitrogen and oxygen atoms in total. The second-order valence-corrected chi connectivity index (χ2v) is 7.28. The highest BCUT2D eigenvalue weighted by Crippen LogP contribution is 2.42. The number of nitrogens with two attached hydrogens (primary N) is 1. The van der Waals surface area contributed by atoms with Crippen LogP contribution in [0.1, 0.15) is 50.5 Å². The van der Waals surface area contributed by atoms with Gasteiger partial charge in [0.05, 0.1) is 11.7 Å². The average molecular weight is 291 g/mol. The van der Waals surface area contributed by atoms with Crippen LogP contribution in [0.5, 0.6) is 0 Å². The number of hydrogen-bond acceptors (Lipinski definition) is 3. The van der Waals surface area contributed by atoms with Crippen LogP contribution in [0.3, 0.4) is 0 Å². The lowest BCUT2D eigenvalue weighted by atomic mass is 9.83. The Balaban J connectivity index is 1.51. The first-order valence-corrected chi connectivity index (χ1v) is 8.88. The Labute approximate surface area is 126 Å². The van der Waals surface area contributed by atoms with Gasteiger partial charge in [0.15, 0.2) is 0 Å². The Morgan fingerprint density at radius 3 is 2.85 bits per heavy atom. The van der Waals surface area contributed by atoms with E-state index in [4.69, 9.17) is 10.5 Å². The number of hydrogen-bond donors (Lipinski definition) is 1. The summed E-state index contributed by atoms with van der Waals surface area (Å²) >= 11 is 1.91. The summed E-state index contributed by atoms with van der Waals surface area (Å²) in [6, 6.07) is 8.57. The SMILES string of the molecule is NCc1cccc(SCC2CCC3(CCCCC3)O2)c1. The lowest BCUT2D eigenvalue weighted by molar-refractivity contribution is -0.0555. The molecule has 3 rings (SSSR count). The van der Waals surface area contributed by atoms with Crippen molar-refractivity contribution in [2.75, 3.05) is 5.75 Å². The summed E-state index contributed by atoms with van der Waals surface area (Å²) in [5.41, 5.74) is 7.16. The molecule has 2 N–H and O–H groups in total.